The van der Waals surface area contributed by atoms with E-state index in [0.29, 0.717) is 12.6 Å². The Hall–Kier alpha value is -2.15. The average molecular weight is 421 g/mol. The summed E-state index contributed by atoms with van der Waals surface area (Å²) >= 11 is 0. The van der Waals surface area contributed by atoms with E-state index in [9.17, 15) is 0 Å². The maximum atomic E-state index is 5.55. The number of unbranched alkanes of at least 4 members (excludes halogenated alkanes) is 1. The molecule has 170 valence electrons. The highest BCUT2D eigenvalue weighted by molar-refractivity contribution is 5.80. The van der Waals surface area contributed by atoms with Gasteiger partial charge >= 0.3 is 0 Å². The number of benzene rings is 1. The number of nitrogens with zero attached hydrogens (tertiary/aromatic N) is 2. The van der Waals surface area contributed by atoms with Crippen molar-refractivity contribution in [2.45, 2.75) is 52.0 Å². The van der Waals surface area contributed by atoms with Gasteiger partial charge in [0.1, 0.15) is 17.2 Å². The minimum absolute atomic E-state index is 0.478. The summed E-state index contributed by atoms with van der Waals surface area (Å²) < 4.78 is 16.4. The molecule has 0 amide bonds. The van der Waals surface area contributed by atoms with E-state index in [1.165, 1.54) is 19.4 Å². The second-order valence-corrected chi connectivity index (χ2v) is 7.63. The lowest BCUT2D eigenvalue weighted by Gasteiger charge is -2.33. The number of rotatable bonds is 11. The molecule has 0 aliphatic carbocycles. The zero-order valence-electron chi connectivity index (χ0n) is 19.4. The van der Waals surface area contributed by atoms with E-state index < -0.39 is 0 Å². The number of likely N-dealkylation sites (tertiary alicyclic amines) is 1. The molecule has 1 fully saturated rings. The number of piperidine rings is 1. The van der Waals surface area contributed by atoms with Crippen LogP contribution in [0.1, 0.15) is 45.1 Å². The van der Waals surface area contributed by atoms with Gasteiger partial charge in [-0.25, -0.2) is 0 Å². The number of nitrogens with one attached hydrogen (secondary N) is 2. The Morgan fingerprint density at radius 3 is 2.27 bits per heavy atom. The fraction of sp³-hybridized carbons (Fsp3) is 0.696. The molecule has 0 aromatic heterocycles. The fourth-order valence-electron chi connectivity index (χ4n) is 3.80. The van der Waals surface area contributed by atoms with Crippen molar-refractivity contribution in [3.05, 3.63) is 17.7 Å². The van der Waals surface area contributed by atoms with Gasteiger partial charge in [-0.3, -0.25) is 4.99 Å². The molecule has 0 atom stereocenters. The quantitative estimate of drug-likeness (QED) is 0.424. The monoisotopic (exact) mass is 420 g/mol. The Balaban J connectivity index is 1.96. The van der Waals surface area contributed by atoms with Gasteiger partial charge in [0.25, 0.3) is 0 Å². The summed E-state index contributed by atoms with van der Waals surface area (Å²) in [6.45, 7) is 9.39. The van der Waals surface area contributed by atoms with Gasteiger partial charge in [-0.15, -0.1) is 0 Å². The summed E-state index contributed by atoms with van der Waals surface area (Å²) in [5.74, 6) is 3.13. The first-order valence-corrected chi connectivity index (χ1v) is 11.2. The van der Waals surface area contributed by atoms with Crippen LogP contribution in [0.15, 0.2) is 17.1 Å². The van der Waals surface area contributed by atoms with Crippen LogP contribution in [0.5, 0.6) is 17.2 Å². The van der Waals surface area contributed by atoms with Gasteiger partial charge in [0, 0.05) is 49.9 Å². The van der Waals surface area contributed by atoms with E-state index in [0.717, 1.165) is 67.7 Å². The molecule has 7 nitrogen and oxygen atoms in total. The highest BCUT2D eigenvalue weighted by Crippen LogP contribution is 2.34. The summed E-state index contributed by atoms with van der Waals surface area (Å²) in [6.07, 6.45) is 5.60. The molecule has 1 heterocycles. The average Bonchev–Trinajstić information content (AvgIpc) is 2.78. The van der Waals surface area contributed by atoms with Crippen LogP contribution in [-0.2, 0) is 6.42 Å². The van der Waals surface area contributed by atoms with Crippen LogP contribution in [0.4, 0.5) is 0 Å². The molecule has 0 unspecified atom stereocenters. The molecule has 0 radical (unpaired) electrons. The van der Waals surface area contributed by atoms with Crippen LogP contribution < -0.4 is 24.8 Å². The van der Waals surface area contributed by atoms with Gasteiger partial charge in [-0.2, -0.15) is 0 Å². The van der Waals surface area contributed by atoms with Crippen molar-refractivity contribution in [3.63, 3.8) is 0 Å². The van der Waals surface area contributed by atoms with E-state index in [2.05, 4.69) is 29.4 Å². The number of hydrogen-bond acceptors (Lipinski definition) is 5. The maximum absolute atomic E-state index is 5.55. The largest absolute Gasteiger partial charge is 0.496 e. The Bertz CT molecular complexity index is 633. The van der Waals surface area contributed by atoms with Crippen LogP contribution in [0.25, 0.3) is 0 Å². The molecule has 2 rings (SSSR count). The van der Waals surface area contributed by atoms with E-state index in [1.54, 1.807) is 21.3 Å². The molecule has 2 N–H and O–H groups in total. The third-order valence-electron chi connectivity index (χ3n) is 5.55. The van der Waals surface area contributed by atoms with Crippen LogP contribution in [-0.4, -0.2) is 71.0 Å². The second-order valence-electron chi connectivity index (χ2n) is 7.63. The Morgan fingerprint density at radius 2 is 1.73 bits per heavy atom. The first-order valence-electron chi connectivity index (χ1n) is 11.2. The van der Waals surface area contributed by atoms with Gasteiger partial charge in [-0.05, 0) is 39.2 Å². The molecule has 0 spiro atoms. The number of methoxy groups -OCH3 is 3. The molecule has 1 aromatic rings. The van der Waals surface area contributed by atoms with E-state index >= 15 is 0 Å². The first-order chi connectivity index (χ1) is 14.6. The van der Waals surface area contributed by atoms with Gasteiger partial charge in [-0.1, -0.05) is 13.3 Å². The van der Waals surface area contributed by atoms with Crippen molar-refractivity contribution in [3.8, 4) is 17.2 Å². The highest BCUT2D eigenvalue weighted by atomic mass is 16.5. The Morgan fingerprint density at radius 1 is 1.07 bits per heavy atom. The lowest BCUT2D eigenvalue weighted by Crippen LogP contribution is -2.48. The molecule has 1 saturated heterocycles. The Labute approximate surface area is 182 Å². The van der Waals surface area contributed by atoms with E-state index in [-0.39, 0.29) is 0 Å². The highest BCUT2D eigenvalue weighted by Gasteiger charge is 2.19. The summed E-state index contributed by atoms with van der Waals surface area (Å²) in [6, 6.07) is 4.25. The fourth-order valence-corrected chi connectivity index (χ4v) is 3.80. The van der Waals surface area contributed by atoms with Crippen molar-refractivity contribution in [1.29, 1.82) is 0 Å². The number of ether oxygens (including phenoxy) is 3. The second kappa shape index (κ2) is 13.2. The number of aliphatic imine (C=N–C) groups is 1. The molecule has 1 aliphatic heterocycles. The van der Waals surface area contributed by atoms with Gasteiger partial charge < -0.3 is 29.7 Å². The lowest BCUT2D eigenvalue weighted by atomic mass is 10.0. The van der Waals surface area contributed by atoms with Gasteiger partial charge in [0.15, 0.2) is 5.96 Å². The summed E-state index contributed by atoms with van der Waals surface area (Å²) in [5.41, 5.74) is 1.00. The SMILES string of the molecule is CCCCN1CCC(NC(=NCCc2c(OC)cc(OC)cc2OC)NCC)CC1. The van der Waals surface area contributed by atoms with Crippen molar-refractivity contribution < 1.29 is 14.2 Å². The lowest BCUT2D eigenvalue weighted by molar-refractivity contribution is 0.203. The minimum atomic E-state index is 0.478. The zero-order chi connectivity index (χ0) is 21.8. The third kappa shape index (κ3) is 7.27. The van der Waals surface area contributed by atoms with Crippen LogP contribution in [0, 0.1) is 0 Å². The normalized spacial score (nSPS) is 15.7. The molecule has 1 aromatic carbocycles. The number of hydrogen-bond donors (Lipinski definition) is 2. The number of guanidine groups is 1. The summed E-state index contributed by atoms with van der Waals surface area (Å²) in [4.78, 5) is 7.38. The topological polar surface area (TPSA) is 67.4 Å². The van der Waals surface area contributed by atoms with Gasteiger partial charge in [0.05, 0.1) is 21.3 Å². The van der Waals surface area contributed by atoms with Crippen molar-refractivity contribution >= 4 is 5.96 Å². The van der Waals surface area contributed by atoms with E-state index in [4.69, 9.17) is 19.2 Å². The van der Waals surface area contributed by atoms with Crippen LogP contribution >= 0.6 is 0 Å². The predicted octanol–water partition coefficient (Wildman–Crippen LogP) is 3.07. The first kappa shape index (κ1) is 24.1. The third-order valence-corrected chi connectivity index (χ3v) is 5.55. The summed E-state index contributed by atoms with van der Waals surface area (Å²) in [7, 11) is 4.97. The van der Waals surface area contributed by atoms with Crippen molar-refractivity contribution in [2.24, 2.45) is 4.99 Å². The maximum Gasteiger partial charge on any atom is 0.191 e. The molecule has 1 aliphatic rings. The zero-order valence-corrected chi connectivity index (χ0v) is 19.4. The molecule has 0 saturated carbocycles. The molecular formula is C23H40N4O3. The molecule has 30 heavy (non-hydrogen) atoms. The smallest absolute Gasteiger partial charge is 0.191 e. The van der Waals surface area contributed by atoms with Crippen LogP contribution in [0.3, 0.4) is 0 Å². The minimum Gasteiger partial charge on any atom is -0.496 e. The van der Waals surface area contributed by atoms with Gasteiger partial charge in [0.2, 0.25) is 0 Å². The molecular weight excluding hydrogens is 380 g/mol. The van der Waals surface area contributed by atoms with Crippen molar-refractivity contribution in [2.75, 3.05) is 54.1 Å². The molecule has 7 heteroatoms. The van der Waals surface area contributed by atoms with Crippen LogP contribution in [0.2, 0.25) is 0 Å². The Kier molecular flexibility index (Phi) is 10.6. The summed E-state index contributed by atoms with van der Waals surface area (Å²) in [5, 5.41) is 7.00. The standard InChI is InChI=1S/C23H40N4O3/c1-6-8-13-27-14-10-18(11-15-27)26-23(24-7-2)25-12-9-20-21(29-4)16-19(28-3)17-22(20)30-5/h16-18H,6-15H2,1-5H3,(H2,24,25,26). The predicted molar refractivity (Wildman–Crippen MR) is 123 cm³/mol. The van der Waals surface area contributed by atoms with Crippen molar-refractivity contribution in [1.82, 2.24) is 15.5 Å². The van der Waals surface area contributed by atoms with E-state index in [1.807, 2.05) is 12.1 Å². The molecule has 0 bridgehead atoms.